The number of carbonyl (C=O) groups is 1. The van der Waals surface area contributed by atoms with E-state index in [1.165, 1.54) is 6.07 Å². The minimum absolute atomic E-state index is 0.226. The lowest BCUT2D eigenvalue weighted by atomic mass is 10.1. The number of nitrogens with zero attached hydrogens (tertiary/aromatic N) is 1. The van der Waals surface area contributed by atoms with Gasteiger partial charge in [-0.1, -0.05) is 18.2 Å². The average molecular weight is 416 g/mol. The minimum atomic E-state index is -0.429. The maximum absolute atomic E-state index is 12.0. The normalized spacial score (nSPS) is 11.2. The highest BCUT2D eigenvalue weighted by molar-refractivity contribution is 5.91. The van der Waals surface area contributed by atoms with Crippen LogP contribution in [-0.2, 0) is 4.79 Å². The van der Waals surface area contributed by atoms with E-state index in [9.17, 15) is 9.59 Å². The number of hydrazone groups is 1. The van der Waals surface area contributed by atoms with Gasteiger partial charge in [-0.3, -0.25) is 4.79 Å². The largest absolute Gasteiger partial charge is 0.497 e. The Bertz CT molecular complexity index is 1360. The molecule has 0 aliphatic heterocycles. The van der Waals surface area contributed by atoms with E-state index in [0.717, 1.165) is 33.0 Å². The third-order valence-corrected chi connectivity index (χ3v) is 4.77. The third kappa shape index (κ3) is 4.72. The van der Waals surface area contributed by atoms with Crippen molar-refractivity contribution in [2.75, 3.05) is 13.7 Å². The summed E-state index contributed by atoms with van der Waals surface area (Å²) in [6, 6.07) is 18.2. The Morgan fingerprint density at radius 2 is 1.81 bits per heavy atom. The molecule has 0 unspecified atom stereocenters. The molecule has 7 nitrogen and oxygen atoms in total. The van der Waals surface area contributed by atoms with Gasteiger partial charge in [-0.25, -0.2) is 10.2 Å². The predicted molar refractivity (Wildman–Crippen MR) is 119 cm³/mol. The number of benzene rings is 3. The van der Waals surface area contributed by atoms with Gasteiger partial charge < -0.3 is 13.9 Å². The molecular formula is C24H20N2O5. The van der Waals surface area contributed by atoms with Gasteiger partial charge in [-0.2, -0.15) is 5.10 Å². The van der Waals surface area contributed by atoms with Crippen LogP contribution in [0.1, 0.15) is 11.1 Å². The number of fused-ring (bicyclic) bond motifs is 2. The first kappa shape index (κ1) is 20.2. The first-order chi connectivity index (χ1) is 15.0. The lowest BCUT2D eigenvalue weighted by Gasteiger charge is -2.07. The average Bonchev–Trinajstić information content (AvgIpc) is 2.77. The Balaban J connectivity index is 1.36. The van der Waals surface area contributed by atoms with Gasteiger partial charge in [0, 0.05) is 17.5 Å². The van der Waals surface area contributed by atoms with Crippen molar-refractivity contribution in [2.45, 2.75) is 6.92 Å². The van der Waals surface area contributed by atoms with Crippen LogP contribution in [-0.4, -0.2) is 25.8 Å². The van der Waals surface area contributed by atoms with Gasteiger partial charge in [0.15, 0.2) is 6.61 Å². The molecule has 31 heavy (non-hydrogen) atoms. The molecule has 156 valence electrons. The van der Waals surface area contributed by atoms with Crippen molar-refractivity contribution in [3.05, 3.63) is 82.2 Å². The Morgan fingerprint density at radius 3 is 2.65 bits per heavy atom. The summed E-state index contributed by atoms with van der Waals surface area (Å²) in [5.41, 5.74) is 4.08. The first-order valence-corrected chi connectivity index (χ1v) is 9.59. The van der Waals surface area contributed by atoms with E-state index in [-0.39, 0.29) is 6.61 Å². The number of rotatable bonds is 6. The van der Waals surface area contributed by atoms with Crippen LogP contribution in [0, 0.1) is 6.92 Å². The summed E-state index contributed by atoms with van der Waals surface area (Å²) in [6.07, 6.45) is 1.56. The van der Waals surface area contributed by atoms with E-state index < -0.39 is 11.5 Å². The zero-order valence-corrected chi connectivity index (χ0v) is 17.0. The van der Waals surface area contributed by atoms with Crippen LogP contribution < -0.4 is 20.5 Å². The molecule has 4 aromatic rings. The van der Waals surface area contributed by atoms with Gasteiger partial charge in [0.2, 0.25) is 0 Å². The van der Waals surface area contributed by atoms with E-state index in [1.807, 2.05) is 43.3 Å². The molecule has 0 radical (unpaired) electrons. The first-order valence-electron chi connectivity index (χ1n) is 9.59. The lowest BCUT2D eigenvalue weighted by molar-refractivity contribution is -0.123. The van der Waals surface area contributed by atoms with Gasteiger partial charge in [0.05, 0.1) is 13.3 Å². The van der Waals surface area contributed by atoms with E-state index in [0.29, 0.717) is 11.3 Å². The molecule has 1 amide bonds. The molecular weight excluding hydrogens is 396 g/mol. The molecule has 0 aliphatic carbocycles. The maximum atomic E-state index is 12.0. The molecule has 0 atom stereocenters. The van der Waals surface area contributed by atoms with E-state index in [1.54, 1.807) is 31.5 Å². The second kappa shape index (κ2) is 8.71. The maximum Gasteiger partial charge on any atom is 0.336 e. The fourth-order valence-corrected chi connectivity index (χ4v) is 3.20. The Morgan fingerprint density at radius 1 is 1.03 bits per heavy atom. The van der Waals surface area contributed by atoms with Gasteiger partial charge in [0.1, 0.15) is 17.1 Å². The summed E-state index contributed by atoms with van der Waals surface area (Å²) in [6.45, 7) is 1.61. The fourth-order valence-electron chi connectivity index (χ4n) is 3.20. The summed E-state index contributed by atoms with van der Waals surface area (Å²) in [5, 5.41) is 6.88. The zero-order valence-electron chi connectivity index (χ0n) is 17.0. The van der Waals surface area contributed by atoms with Crippen molar-refractivity contribution in [3.63, 3.8) is 0 Å². The Kier molecular flexibility index (Phi) is 5.66. The third-order valence-electron chi connectivity index (χ3n) is 4.77. The van der Waals surface area contributed by atoms with Crippen LogP contribution in [0.2, 0.25) is 0 Å². The van der Waals surface area contributed by atoms with E-state index >= 15 is 0 Å². The highest BCUT2D eigenvalue weighted by Gasteiger charge is 2.06. The van der Waals surface area contributed by atoms with Crippen LogP contribution in [0.5, 0.6) is 11.5 Å². The molecule has 1 N–H and O–H groups in total. The van der Waals surface area contributed by atoms with Crippen molar-refractivity contribution in [3.8, 4) is 11.5 Å². The van der Waals surface area contributed by atoms with Gasteiger partial charge in [0.25, 0.3) is 5.91 Å². The molecule has 0 bridgehead atoms. The number of carbonyl (C=O) groups excluding carboxylic acids is 1. The van der Waals surface area contributed by atoms with Crippen molar-refractivity contribution >= 4 is 33.9 Å². The Labute approximate surface area is 177 Å². The van der Waals surface area contributed by atoms with E-state index in [2.05, 4.69) is 10.5 Å². The number of hydrogen-bond acceptors (Lipinski definition) is 6. The number of hydrogen-bond donors (Lipinski definition) is 1. The predicted octanol–water partition coefficient (Wildman–Crippen LogP) is 3.79. The second-order valence-corrected chi connectivity index (χ2v) is 6.96. The summed E-state index contributed by atoms with van der Waals surface area (Å²) in [7, 11) is 1.63. The molecule has 4 rings (SSSR count). The van der Waals surface area contributed by atoms with E-state index in [4.69, 9.17) is 13.9 Å². The van der Waals surface area contributed by atoms with Crippen LogP contribution in [0.3, 0.4) is 0 Å². The number of aryl methyl sites for hydroxylation is 1. The molecule has 3 aromatic carbocycles. The molecule has 0 fully saturated rings. The zero-order chi connectivity index (χ0) is 21.8. The van der Waals surface area contributed by atoms with Gasteiger partial charge in [-0.15, -0.1) is 0 Å². The summed E-state index contributed by atoms with van der Waals surface area (Å²) >= 11 is 0. The summed E-state index contributed by atoms with van der Waals surface area (Å²) in [5.74, 6) is 0.808. The molecule has 0 aliphatic rings. The number of methoxy groups -OCH3 is 1. The fraction of sp³-hybridized carbons (Fsp3) is 0.125. The Hall–Kier alpha value is -4.13. The minimum Gasteiger partial charge on any atom is -0.497 e. The lowest BCUT2D eigenvalue weighted by Crippen LogP contribution is -2.24. The SMILES string of the molecule is COc1ccc2cc(/C=N\NC(=O)COc3ccc4c(C)cc(=O)oc4c3)ccc2c1. The van der Waals surface area contributed by atoms with Crippen molar-refractivity contribution in [1.82, 2.24) is 5.43 Å². The number of nitrogens with one attached hydrogen (secondary N) is 1. The topological polar surface area (TPSA) is 90.1 Å². The molecule has 1 aromatic heterocycles. The number of amides is 1. The molecule has 0 saturated carbocycles. The van der Waals surface area contributed by atoms with Crippen molar-refractivity contribution in [1.29, 1.82) is 0 Å². The number of ether oxygens (including phenoxy) is 2. The van der Waals surface area contributed by atoms with Crippen LogP contribution in [0.15, 0.2) is 75.0 Å². The molecule has 0 saturated heterocycles. The van der Waals surface area contributed by atoms with Crippen molar-refractivity contribution < 1.29 is 18.7 Å². The second-order valence-electron chi connectivity index (χ2n) is 6.96. The van der Waals surface area contributed by atoms with Crippen molar-refractivity contribution in [2.24, 2.45) is 5.10 Å². The van der Waals surface area contributed by atoms with Crippen LogP contribution in [0.4, 0.5) is 0 Å². The molecule has 1 heterocycles. The van der Waals surface area contributed by atoms with Crippen LogP contribution in [0.25, 0.3) is 21.7 Å². The summed E-state index contributed by atoms with van der Waals surface area (Å²) < 4.78 is 15.9. The standard InChI is InChI=1S/C24H20N2O5/c1-15-9-24(28)31-22-12-20(7-8-21(15)22)30-14-23(27)26-25-13-16-3-4-18-11-19(29-2)6-5-17(18)10-16/h3-13H,14H2,1-2H3,(H,26,27)/b25-13-. The quantitative estimate of drug-likeness (QED) is 0.293. The molecule has 0 spiro atoms. The highest BCUT2D eigenvalue weighted by atomic mass is 16.5. The van der Waals surface area contributed by atoms with Gasteiger partial charge >= 0.3 is 5.63 Å². The molecule has 7 heteroatoms. The highest BCUT2D eigenvalue weighted by Crippen LogP contribution is 2.22. The smallest absolute Gasteiger partial charge is 0.336 e. The monoisotopic (exact) mass is 416 g/mol. The summed E-state index contributed by atoms with van der Waals surface area (Å²) in [4.78, 5) is 23.5. The van der Waals surface area contributed by atoms with Gasteiger partial charge in [-0.05, 0) is 59.2 Å². The van der Waals surface area contributed by atoms with Crippen LogP contribution >= 0.6 is 0 Å².